The molecule has 0 fully saturated rings. The van der Waals surface area contributed by atoms with Crippen LogP contribution in [0.5, 0.6) is 5.75 Å². The topological polar surface area (TPSA) is 51.5 Å². The summed E-state index contributed by atoms with van der Waals surface area (Å²) in [5.74, 6) is 2.34. The van der Waals surface area contributed by atoms with Gasteiger partial charge in [0, 0.05) is 17.3 Å². The SMILES string of the molecule is CCC(CC)Nc1c2c(nc3c(-c4ccc(OC)cc4C)c(C(C)C)nn13)CCC2.Cl. The molecular formula is C25H35ClN4O. The van der Waals surface area contributed by atoms with Gasteiger partial charge in [0.25, 0.3) is 0 Å². The lowest BCUT2D eigenvalue weighted by molar-refractivity contribution is 0.414. The molecule has 168 valence electrons. The highest BCUT2D eigenvalue weighted by atomic mass is 35.5. The molecule has 6 heteroatoms. The van der Waals surface area contributed by atoms with E-state index in [0.717, 1.165) is 54.2 Å². The maximum absolute atomic E-state index is 5.43. The van der Waals surface area contributed by atoms with Crippen molar-refractivity contribution in [3.8, 4) is 16.9 Å². The number of anilines is 1. The molecule has 0 bridgehead atoms. The lowest BCUT2D eigenvalue weighted by atomic mass is 9.96. The number of halogens is 1. The summed E-state index contributed by atoms with van der Waals surface area (Å²) in [7, 11) is 1.71. The summed E-state index contributed by atoms with van der Waals surface area (Å²) in [6, 6.07) is 6.73. The summed E-state index contributed by atoms with van der Waals surface area (Å²) in [6.07, 6.45) is 5.48. The van der Waals surface area contributed by atoms with Crippen molar-refractivity contribution in [2.75, 3.05) is 12.4 Å². The monoisotopic (exact) mass is 442 g/mol. The minimum absolute atomic E-state index is 0. The summed E-state index contributed by atoms with van der Waals surface area (Å²) in [5, 5.41) is 8.96. The number of nitrogens with one attached hydrogen (secondary N) is 1. The summed E-state index contributed by atoms with van der Waals surface area (Å²) in [6.45, 7) is 11.1. The number of aromatic nitrogens is 3. The largest absolute Gasteiger partial charge is 0.497 e. The van der Waals surface area contributed by atoms with Crippen LogP contribution >= 0.6 is 12.4 Å². The first-order valence-electron chi connectivity index (χ1n) is 11.3. The van der Waals surface area contributed by atoms with Crippen LogP contribution in [0.3, 0.4) is 0 Å². The van der Waals surface area contributed by atoms with Gasteiger partial charge in [-0.25, -0.2) is 4.98 Å². The number of hydrogen-bond acceptors (Lipinski definition) is 4. The fraction of sp³-hybridized carbons (Fsp3) is 0.520. The molecule has 1 aliphatic carbocycles. The first kappa shape index (κ1) is 23.4. The summed E-state index contributed by atoms with van der Waals surface area (Å²) < 4.78 is 7.53. The minimum Gasteiger partial charge on any atom is -0.497 e. The zero-order valence-electron chi connectivity index (χ0n) is 19.6. The van der Waals surface area contributed by atoms with Crippen LogP contribution in [0.1, 0.15) is 75.4 Å². The standard InChI is InChI=1S/C25H34N4O.ClH/c1-7-17(8-2)26-24-20-10-9-11-21(20)27-25-22(23(15(3)4)28-29(24)25)19-13-12-18(30-6)14-16(19)5;/h12-15,17,26H,7-11H2,1-6H3;1H. The lowest BCUT2D eigenvalue weighted by Crippen LogP contribution is -2.21. The molecule has 0 saturated carbocycles. The average Bonchev–Trinajstić information content (AvgIpc) is 3.36. The van der Waals surface area contributed by atoms with Crippen molar-refractivity contribution in [3.05, 3.63) is 40.7 Å². The Bertz CT molecular complexity index is 1070. The number of fused-ring (bicyclic) bond motifs is 2. The van der Waals surface area contributed by atoms with Crippen LogP contribution in [0.4, 0.5) is 5.82 Å². The predicted octanol–water partition coefficient (Wildman–Crippen LogP) is 6.35. The zero-order chi connectivity index (χ0) is 21.4. The predicted molar refractivity (Wildman–Crippen MR) is 131 cm³/mol. The first-order chi connectivity index (χ1) is 14.5. The van der Waals surface area contributed by atoms with Gasteiger partial charge in [0.05, 0.1) is 18.4 Å². The van der Waals surface area contributed by atoms with Gasteiger partial charge in [-0.15, -0.1) is 12.4 Å². The number of nitrogens with zero attached hydrogens (tertiary/aromatic N) is 3. The van der Waals surface area contributed by atoms with Crippen molar-refractivity contribution in [1.82, 2.24) is 14.6 Å². The van der Waals surface area contributed by atoms with Crippen molar-refractivity contribution < 1.29 is 4.74 Å². The highest BCUT2D eigenvalue weighted by molar-refractivity contribution is 5.85. The van der Waals surface area contributed by atoms with Gasteiger partial charge in [-0.1, -0.05) is 33.8 Å². The second-order valence-electron chi connectivity index (χ2n) is 8.73. The van der Waals surface area contributed by atoms with Crippen LogP contribution < -0.4 is 10.1 Å². The van der Waals surface area contributed by atoms with E-state index in [-0.39, 0.29) is 12.4 Å². The minimum atomic E-state index is 0. The Morgan fingerprint density at radius 2 is 1.90 bits per heavy atom. The quantitative estimate of drug-likeness (QED) is 0.463. The molecule has 0 amide bonds. The molecule has 1 N–H and O–H groups in total. The Labute approximate surface area is 192 Å². The normalized spacial score (nSPS) is 13.0. The van der Waals surface area contributed by atoms with E-state index in [1.807, 2.05) is 6.07 Å². The molecule has 3 aromatic rings. The van der Waals surface area contributed by atoms with Gasteiger partial charge in [-0.2, -0.15) is 9.61 Å². The Kier molecular flexibility index (Phi) is 7.15. The third-order valence-electron chi connectivity index (χ3n) is 6.39. The number of methoxy groups -OCH3 is 1. The van der Waals surface area contributed by atoms with Gasteiger partial charge < -0.3 is 10.1 Å². The lowest BCUT2D eigenvalue weighted by Gasteiger charge is -2.20. The molecule has 4 rings (SSSR count). The van der Waals surface area contributed by atoms with Crippen LogP contribution in [0.25, 0.3) is 16.8 Å². The fourth-order valence-corrected chi connectivity index (χ4v) is 4.59. The summed E-state index contributed by atoms with van der Waals surface area (Å²) in [4.78, 5) is 5.17. The zero-order valence-corrected chi connectivity index (χ0v) is 20.4. The van der Waals surface area contributed by atoms with Crippen LogP contribution in [0.15, 0.2) is 18.2 Å². The van der Waals surface area contributed by atoms with Crippen LogP contribution in [-0.4, -0.2) is 27.7 Å². The Hall–Kier alpha value is -2.27. The molecular weight excluding hydrogens is 408 g/mol. The Morgan fingerprint density at radius 1 is 1.16 bits per heavy atom. The summed E-state index contributed by atoms with van der Waals surface area (Å²) in [5.41, 5.74) is 8.20. The third-order valence-corrected chi connectivity index (χ3v) is 6.39. The molecule has 0 saturated heterocycles. The van der Waals surface area contributed by atoms with Gasteiger partial charge in [-0.3, -0.25) is 0 Å². The molecule has 0 radical (unpaired) electrons. The highest BCUT2D eigenvalue weighted by Gasteiger charge is 2.27. The number of rotatable bonds is 7. The molecule has 0 spiro atoms. The Balaban J connectivity index is 0.00000272. The highest BCUT2D eigenvalue weighted by Crippen LogP contribution is 2.39. The number of benzene rings is 1. The fourth-order valence-electron chi connectivity index (χ4n) is 4.59. The summed E-state index contributed by atoms with van der Waals surface area (Å²) >= 11 is 0. The second kappa shape index (κ2) is 9.47. The van der Waals surface area contributed by atoms with Gasteiger partial charge in [0.1, 0.15) is 11.6 Å². The van der Waals surface area contributed by atoms with E-state index in [4.69, 9.17) is 14.8 Å². The van der Waals surface area contributed by atoms with E-state index < -0.39 is 0 Å². The van der Waals surface area contributed by atoms with Gasteiger partial charge in [0.15, 0.2) is 5.65 Å². The van der Waals surface area contributed by atoms with Gasteiger partial charge in [0.2, 0.25) is 0 Å². The molecule has 1 aromatic carbocycles. The number of aryl methyl sites for hydroxylation is 2. The number of ether oxygens (including phenoxy) is 1. The van der Waals surface area contributed by atoms with Crippen LogP contribution in [-0.2, 0) is 12.8 Å². The van der Waals surface area contributed by atoms with E-state index in [2.05, 4.69) is 56.6 Å². The Morgan fingerprint density at radius 3 is 2.52 bits per heavy atom. The van der Waals surface area contributed by atoms with Crippen molar-refractivity contribution >= 4 is 23.9 Å². The van der Waals surface area contributed by atoms with Crippen molar-refractivity contribution in [3.63, 3.8) is 0 Å². The molecule has 2 aromatic heterocycles. The van der Waals surface area contributed by atoms with Crippen LogP contribution in [0, 0.1) is 6.92 Å². The van der Waals surface area contributed by atoms with E-state index in [1.54, 1.807) is 7.11 Å². The van der Waals surface area contributed by atoms with E-state index in [0.29, 0.717) is 12.0 Å². The maximum atomic E-state index is 5.43. The molecule has 1 aliphatic rings. The van der Waals surface area contributed by atoms with Crippen LogP contribution in [0.2, 0.25) is 0 Å². The molecule has 31 heavy (non-hydrogen) atoms. The second-order valence-corrected chi connectivity index (χ2v) is 8.73. The number of hydrogen-bond donors (Lipinski definition) is 1. The molecule has 0 atom stereocenters. The van der Waals surface area contributed by atoms with E-state index in [9.17, 15) is 0 Å². The molecule has 2 heterocycles. The van der Waals surface area contributed by atoms with Crippen molar-refractivity contribution in [2.24, 2.45) is 0 Å². The molecule has 0 aliphatic heterocycles. The van der Waals surface area contributed by atoms with Crippen molar-refractivity contribution in [1.29, 1.82) is 0 Å². The smallest absolute Gasteiger partial charge is 0.165 e. The van der Waals surface area contributed by atoms with Gasteiger partial charge in [-0.05, 0) is 68.2 Å². The molecule has 0 unspecified atom stereocenters. The third kappa shape index (κ3) is 4.12. The first-order valence-corrected chi connectivity index (χ1v) is 11.3. The van der Waals surface area contributed by atoms with E-state index >= 15 is 0 Å². The van der Waals surface area contributed by atoms with E-state index in [1.165, 1.54) is 28.8 Å². The molecule has 5 nitrogen and oxygen atoms in total. The maximum Gasteiger partial charge on any atom is 0.165 e. The van der Waals surface area contributed by atoms with Crippen molar-refractivity contribution in [2.45, 2.75) is 78.7 Å². The van der Waals surface area contributed by atoms with Gasteiger partial charge >= 0.3 is 0 Å². The average molecular weight is 443 g/mol.